The number of carboxylic acid groups (broad SMARTS) is 1. The minimum Gasteiger partial charge on any atom is -0.550 e. The first-order valence-electron chi connectivity index (χ1n) is 7.95. The lowest BCUT2D eigenvalue weighted by Gasteiger charge is -2.22. The Balaban J connectivity index is 2.18. The summed E-state index contributed by atoms with van der Waals surface area (Å²) in [6.45, 7) is 7.24. The molecule has 1 atom stereocenters. The van der Waals surface area contributed by atoms with Crippen LogP contribution in [-0.2, 0) is 15.1 Å². The summed E-state index contributed by atoms with van der Waals surface area (Å²) in [6.07, 6.45) is 7.78. The first-order valence-corrected chi connectivity index (χ1v) is 9.03. The molecule has 0 aromatic rings. The average molecular weight is 337 g/mol. The molecule has 0 spiro atoms. The standard InChI is InChI=1S/C17H23NO4S/c1-12-17(2,3)14-11-13(23(21)22)8-9-15(14)18(12)10-6-4-5-7-16(19)20/h8-9,11-12H,4-7,10H2,1-3H3. The second-order valence-corrected chi connectivity index (χ2v) is 7.63. The van der Waals surface area contributed by atoms with Crippen molar-refractivity contribution in [3.8, 4) is 0 Å². The molecule has 0 saturated heterocycles. The molecule has 0 saturated carbocycles. The van der Waals surface area contributed by atoms with Gasteiger partial charge >= 0.3 is 0 Å². The molecule has 6 heteroatoms. The summed E-state index contributed by atoms with van der Waals surface area (Å²) in [5.41, 5.74) is 2.01. The molecule has 1 aliphatic heterocycles. The lowest BCUT2D eigenvalue weighted by Crippen LogP contribution is -2.32. The quantitative estimate of drug-likeness (QED) is 0.407. The Hall–Kier alpha value is -1.69. The van der Waals surface area contributed by atoms with Crippen LogP contribution in [0.3, 0.4) is 0 Å². The monoisotopic (exact) mass is 337 g/mol. The van der Waals surface area contributed by atoms with Gasteiger partial charge in [0.25, 0.3) is 0 Å². The van der Waals surface area contributed by atoms with E-state index in [1.807, 2.05) is 6.08 Å². The Morgan fingerprint density at radius 1 is 1.26 bits per heavy atom. The van der Waals surface area contributed by atoms with Gasteiger partial charge in [-0.1, -0.05) is 0 Å². The van der Waals surface area contributed by atoms with Crippen LogP contribution < -0.4 is 5.11 Å². The summed E-state index contributed by atoms with van der Waals surface area (Å²) in [6, 6.07) is 0.258. The highest BCUT2D eigenvalue weighted by Crippen LogP contribution is 2.40. The number of allylic oxidation sites excluding steroid dienone is 3. The van der Waals surface area contributed by atoms with Gasteiger partial charge in [0.2, 0.25) is 16.0 Å². The van der Waals surface area contributed by atoms with Gasteiger partial charge in [0.15, 0.2) is 6.04 Å². The van der Waals surface area contributed by atoms with Crippen molar-refractivity contribution in [2.24, 2.45) is 5.41 Å². The third-order valence-corrected chi connectivity index (χ3v) is 5.59. The second-order valence-electron chi connectivity index (χ2n) is 6.69. The van der Waals surface area contributed by atoms with Crippen LogP contribution in [0.5, 0.6) is 0 Å². The molecule has 5 nitrogen and oxygen atoms in total. The van der Waals surface area contributed by atoms with Crippen molar-refractivity contribution < 1.29 is 22.9 Å². The predicted octanol–water partition coefficient (Wildman–Crippen LogP) is 0.726. The van der Waals surface area contributed by atoms with E-state index >= 15 is 0 Å². The van der Waals surface area contributed by atoms with E-state index < -0.39 is 16.3 Å². The van der Waals surface area contributed by atoms with Crippen molar-refractivity contribution in [1.82, 2.24) is 0 Å². The molecule has 1 unspecified atom stereocenters. The van der Waals surface area contributed by atoms with Gasteiger partial charge in [-0.2, -0.15) is 8.42 Å². The molecule has 0 bridgehead atoms. The van der Waals surface area contributed by atoms with Gasteiger partial charge in [-0.15, -0.1) is 0 Å². The summed E-state index contributed by atoms with van der Waals surface area (Å²) >= 11 is 0. The molecule has 0 aromatic heterocycles. The largest absolute Gasteiger partial charge is 0.550 e. The molecule has 0 amide bonds. The highest BCUT2D eigenvalue weighted by atomic mass is 32.2. The van der Waals surface area contributed by atoms with Crippen LogP contribution in [0.15, 0.2) is 23.8 Å². The molecule has 0 fully saturated rings. The van der Waals surface area contributed by atoms with Gasteiger partial charge in [-0.25, -0.2) is 4.58 Å². The zero-order valence-corrected chi connectivity index (χ0v) is 14.6. The smallest absolute Gasteiger partial charge is 0.221 e. The third-order valence-electron chi connectivity index (χ3n) is 4.96. The lowest BCUT2D eigenvalue weighted by atomic mass is 9.77. The van der Waals surface area contributed by atoms with Crippen molar-refractivity contribution in [1.29, 1.82) is 0 Å². The van der Waals surface area contributed by atoms with E-state index in [9.17, 15) is 18.3 Å². The first kappa shape index (κ1) is 17.7. The Morgan fingerprint density at radius 2 is 1.96 bits per heavy atom. The van der Waals surface area contributed by atoms with Crippen molar-refractivity contribution in [2.45, 2.75) is 52.5 Å². The van der Waals surface area contributed by atoms with E-state index in [1.54, 1.807) is 12.2 Å². The van der Waals surface area contributed by atoms with Crippen molar-refractivity contribution in [2.75, 3.05) is 6.54 Å². The van der Waals surface area contributed by atoms with E-state index in [4.69, 9.17) is 0 Å². The predicted molar refractivity (Wildman–Crippen MR) is 88.0 cm³/mol. The molecule has 1 heterocycles. The number of hydrogen-bond acceptors (Lipinski definition) is 4. The summed E-state index contributed by atoms with van der Waals surface area (Å²) in [4.78, 5) is 10.8. The highest BCUT2D eigenvalue weighted by molar-refractivity contribution is 7.73. The van der Waals surface area contributed by atoms with Crippen LogP contribution in [0, 0.1) is 5.41 Å². The Labute approximate surface area is 138 Å². The number of carbonyl (C=O) groups is 1. The summed E-state index contributed by atoms with van der Waals surface area (Å²) in [5.74, 6) is -0.996. The number of unbranched alkanes of at least 4 members (excludes halogenated alkanes) is 2. The average Bonchev–Trinajstić information content (AvgIpc) is 2.67. The summed E-state index contributed by atoms with van der Waals surface area (Å²) < 4.78 is 24.7. The van der Waals surface area contributed by atoms with Gasteiger partial charge < -0.3 is 9.90 Å². The summed E-state index contributed by atoms with van der Waals surface area (Å²) in [5, 5.41) is 10.4. The van der Waals surface area contributed by atoms with Crippen LogP contribution >= 0.6 is 0 Å². The Kier molecular flexibility index (Phi) is 5.24. The fourth-order valence-electron chi connectivity index (χ4n) is 3.25. The fraction of sp³-hybridized carbons (Fsp3) is 0.588. The number of carbonyl (C=O) groups excluding carboxylic acids is 1. The zero-order valence-electron chi connectivity index (χ0n) is 13.8. The molecular formula is C17H23NO4S. The molecule has 2 aliphatic rings. The number of aliphatic carboxylic acids is 1. The van der Waals surface area contributed by atoms with E-state index in [0.717, 1.165) is 30.7 Å². The van der Waals surface area contributed by atoms with E-state index in [0.29, 0.717) is 11.3 Å². The van der Waals surface area contributed by atoms with Gasteiger partial charge in [0, 0.05) is 24.0 Å². The van der Waals surface area contributed by atoms with Crippen molar-refractivity contribution in [3.63, 3.8) is 0 Å². The second kappa shape index (κ2) is 6.83. The number of rotatable bonds is 6. The van der Waals surface area contributed by atoms with Gasteiger partial charge in [0.05, 0.1) is 10.3 Å². The maximum absolute atomic E-state index is 11.2. The van der Waals surface area contributed by atoms with Crippen molar-refractivity contribution >= 4 is 26.8 Å². The molecule has 23 heavy (non-hydrogen) atoms. The lowest BCUT2D eigenvalue weighted by molar-refractivity contribution is -0.565. The Bertz CT molecular complexity index is 731. The number of fused-ring (bicyclic) bond motifs is 1. The minimum atomic E-state index is -2.22. The maximum Gasteiger partial charge on any atom is 0.221 e. The van der Waals surface area contributed by atoms with Crippen LogP contribution in [0.25, 0.3) is 0 Å². The van der Waals surface area contributed by atoms with E-state index in [1.165, 1.54) is 0 Å². The van der Waals surface area contributed by atoms with Crippen LogP contribution in [0.2, 0.25) is 0 Å². The maximum atomic E-state index is 11.2. The number of carboxylic acids is 1. The fourth-order valence-corrected chi connectivity index (χ4v) is 3.64. The normalized spacial score (nSPS) is 22.1. The minimum absolute atomic E-state index is 0.107. The van der Waals surface area contributed by atoms with Crippen LogP contribution in [-0.4, -0.2) is 42.1 Å². The number of hydrogen-bond donors (Lipinski definition) is 0. The van der Waals surface area contributed by atoms with Gasteiger partial charge in [-0.3, -0.25) is 0 Å². The zero-order chi connectivity index (χ0) is 17.2. The van der Waals surface area contributed by atoms with E-state index in [-0.39, 0.29) is 17.9 Å². The van der Waals surface area contributed by atoms with Crippen molar-refractivity contribution in [3.05, 3.63) is 23.8 Å². The summed E-state index contributed by atoms with van der Waals surface area (Å²) in [7, 11) is -2.22. The van der Waals surface area contributed by atoms with E-state index in [2.05, 4.69) is 25.3 Å². The molecular weight excluding hydrogens is 314 g/mol. The molecule has 1 aliphatic carbocycles. The number of nitrogens with zero attached hydrogens (tertiary/aromatic N) is 1. The Morgan fingerprint density at radius 3 is 2.57 bits per heavy atom. The van der Waals surface area contributed by atoms with Gasteiger partial charge in [-0.05, 0) is 52.2 Å². The van der Waals surface area contributed by atoms with Gasteiger partial charge in [0.1, 0.15) is 6.54 Å². The first-order chi connectivity index (χ1) is 10.7. The van der Waals surface area contributed by atoms with Crippen LogP contribution in [0.4, 0.5) is 0 Å². The molecule has 0 N–H and O–H groups in total. The molecule has 0 aromatic carbocycles. The highest BCUT2D eigenvalue weighted by Gasteiger charge is 2.48. The topological polar surface area (TPSA) is 77.3 Å². The molecule has 0 radical (unpaired) electrons. The molecule has 126 valence electrons. The molecule has 2 rings (SSSR count). The van der Waals surface area contributed by atoms with Crippen LogP contribution in [0.1, 0.15) is 46.5 Å². The SMILES string of the molecule is CC1[N+](CCCCCC(=O)[O-])=C2C=CC(=S(=O)=O)C=C2C1(C)C. The third kappa shape index (κ3) is 3.63.